The molecule has 0 aliphatic rings. The molecule has 3 N–H and O–H groups in total. The molecular formula is C24H17Cl4IN2O4S. The molecule has 0 aliphatic carbocycles. The van der Waals surface area contributed by atoms with Gasteiger partial charge in [-0.05, 0) is 71.5 Å². The van der Waals surface area contributed by atoms with E-state index in [9.17, 15) is 19.5 Å². The van der Waals surface area contributed by atoms with Crippen LogP contribution in [0.1, 0.15) is 34.1 Å². The van der Waals surface area contributed by atoms with Crippen LogP contribution in [0, 0.1) is 3.57 Å². The minimum absolute atomic E-state index is 0.151. The molecule has 3 rings (SSSR count). The van der Waals surface area contributed by atoms with Gasteiger partial charge in [0.25, 0.3) is 5.91 Å². The van der Waals surface area contributed by atoms with Crippen molar-refractivity contribution >= 4 is 110 Å². The summed E-state index contributed by atoms with van der Waals surface area (Å²) in [5.41, 5.74) is 0.0850. The molecule has 188 valence electrons. The van der Waals surface area contributed by atoms with Crippen LogP contribution in [0.4, 0.5) is 11.4 Å². The Labute approximate surface area is 245 Å². The second kappa shape index (κ2) is 12.7. The number of carbonyl (C=O) groups is 3. The largest absolute Gasteiger partial charge is 0.478 e. The number of anilines is 2. The van der Waals surface area contributed by atoms with Gasteiger partial charge < -0.3 is 15.7 Å². The first kappa shape index (κ1) is 28.9. The van der Waals surface area contributed by atoms with Crippen LogP contribution in [0.3, 0.4) is 0 Å². The smallest absolute Gasteiger partial charge is 0.338 e. The summed E-state index contributed by atoms with van der Waals surface area (Å²) in [4.78, 5) is 38.3. The third kappa shape index (κ3) is 6.79. The summed E-state index contributed by atoms with van der Waals surface area (Å²) in [5, 5.41) is 13.5. The van der Waals surface area contributed by atoms with E-state index in [1.54, 1.807) is 24.3 Å². The number of halogens is 5. The van der Waals surface area contributed by atoms with Gasteiger partial charge >= 0.3 is 5.97 Å². The van der Waals surface area contributed by atoms with Gasteiger partial charge in [-0.25, -0.2) is 4.79 Å². The fourth-order valence-electron chi connectivity index (χ4n) is 3.13. The van der Waals surface area contributed by atoms with Crippen molar-refractivity contribution < 1.29 is 19.5 Å². The highest BCUT2D eigenvalue weighted by Gasteiger charge is 2.29. The van der Waals surface area contributed by atoms with Crippen LogP contribution in [0.25, 0.3) is 0 Å². The van der Waals surface area contributed by atoms with E-state index in [4.69, 9.17) is 46.4 Å². The summed E-state index contributed by atoms with van der Waals surface area (Å²) in [6, 6.07) is 14.2. The normalized spacial score (nSPS) is 11.6. The second-order valence-corrected chi connectivity index (χ2v) is 11.3. The molecule has 0 saturated carbocycles. The first-order chi connectivity index (χ1) is 17.0. The molecule has 3 aromatic rings. The van der Waals surface area contributed by atoms with Gasteiger partial charge in [-0.2, -0.15) is 0 Å². The number of hydrogen-bond donors (Lipinski definition) is 3. The van der Waals surface area contributed by atoms with Gasteiger partial charge in [-0.3, -0.25) is 9.59 Å². The summed E-state index contributed by atoms with van der Waals surface area (Å²) in [5.74, 6) is -2.47. The van der Waals surface area contributed by atoms with Gasteiger partial charge in [0.15, 0.2) is 0 Å². The molecule has 6 nitrogen and oxygen atoms in total. The molecule has 0 bridgehead atoms. The van der Waals surface area contributed by atoms with Crippen molar-refractivity contribution in [3.63, 3.8) is 0 Å². The van der Waals surface area contributed by atoms with E-state index in [1.165, 1.54) is 11.8 Å². The Balaban J connectivity index is 1.81. The number of benzene rings is 3. The van der Waals surface area contributed by atoms with Crippen molar-refractivity contribution in [3.8, 4) is 0 Å². The molecule has 2 amide bonds. The Morgan fingerprint density at radius 1 is 0.889 bits per heavy atom. The van der Waals surface area contributed by atoms with E-state index in [-0.39, 0.29) is 21.0 Å². The van der Waals surface area contributed by atoms with Crippen molar-refractivity contribution in [2.24, 2.45) is 0 Å². The highest BCUT2D eigenvalue weighted by molar-refractivity contribution is 14.1. The number of nitrogens with one attached hydrogen (secondary N) is 2. The van der Waals surface area contributed by atoms with Crippen LogP contribution in [-0.2, 0) is 4.79 Å². The maximum absolute atomic E-state index is 13.0. The number of carboxylic acids is 1. The topological polar surface area (TPSA) is 95.5 Å². The van der Waals surface area contributed by atoms with Gasteiger partial charge in [0.05, 0.1) is 36.5 Å². The van der Waals surface area contributed by atoms with Crippen molar-refractivity contribution in [1.82, 2.24) is 0 Å². The Morgan fingerprint density at radius 3 is 2.08 bits per heavy atom. The Hall–Kier alpha value is -1.69. The molecule has 0 heterocycles. The third-order valence-electron chi connectivity index (χ3n) is 4.85. The highest BCUT2D eigenvalue weighted by atomic mass is 127. The Morgan fingerprint density at radius 2 is 1.50 bits per heavy atom. The van der Waals surface area contributed by atoms with Gasteiger partial charge in [-0.1, -0.05) is 59.4 Å². The predicted molar refractivity (Wildman–Crippen MR) is 156 cm³/mol. The van der Waals surface area contributed by atoms with Gasteiger partial charge in [0.2, 0.25) is 5.91 Å². The Kier molecular flexibility index (Phi) is 10.2. The zero-order valence-corrected chi connectivity index (χ0v) is 24.4. The molecule has 3 aromatic carbocycles. The molecule has 12 heteroatoms. The van der Waals surface area contributed by atoms with E-state index < -0.39 is 33.3 Å². The lowest BCUT2D eigenvalue weighted by atomic mass is 10.1. The number of carbonyl (C=O) groups excluding carboxylic acids is 2. The maximum Gasteiger partial charge on any atom is 0.338 e. The second-order valence-electron chi connectivity index (χ2n) is 7.30. The SMILES string of the molecule is CCC(Sc1cccc(NC(=O)c2c(Cl)c(Cl)c(Cl)c(Cl)c2C(=O)O)c1)C(=O)Nc1ccc(I)cc1. The zero-order chi connectivity index (χ0) is 26.6. The van der Waals surface area contributed by atoms with Crippen molar-refractivity contribution in [2.45, 2.75) is 23.5 Å². The van der Waals surface area contributed by atoms with E-state index in [1.807, 2.05) is 31.2 Å². The average molecular weight is 698 g/mol. The zero-order valence-electron chi connectivity index (χ0n) is 18.4. The summed E-state index contributed by atoms with van der Waals surface area (Å²) < 4.78 is 1.06. The molecule has 1 unspecified atom stereocenters. The molecule has 0 spiro atoms. The minimum Gasteiger partial charge on any atom is -0.478 e. The van der Waals surface area contributed by atoms with Crippen LogP contribution >= 0.6 is 80.8 Å². The number of amides is 2. The van der Waals surface area contributed by atoms with E-state index in [0.29, 0.717) is 22.7 Å². The molecule has 36 heavy (non-hydrogen) atoms. The number of rotatable bonds is 8. The number of aromatic carboxylic acids is 1. The van der Waals surface area contributed by atoms with Crippen LogP contribution in [0.5, 0.6) is 0 Å². The van der Waals surface area contributed by atoms with Crippen molar-refractivity contribution in [1.29, 1.82) is 0 Å². The van der Waals surface area contributed by atoms with Crippen LogP contribution < -0.4 is 10.6 Å². The first-order valence-corrected chi connectivity index (χ1v) is 13.7. The molecule has 0 saturated heterocycles. The first-order valence-electron chi connectivity index (χ1n) is 10.3. The fraction of sp³-hybridized carbons (Fsp3) is 0.125. The van der Waals surface area contributed by atoms with Crippen LogP contribution in [0.15, 0.2) is 53.4 Å². The number of carboxylic acid groups (broad SMARTS) is 1. The third-order valence-corrected chi connectivity index (χ3v) is 8.73. The summed E-state index contributed by atoms with van der Waals surface area (Å²) in [6.07, 6.45) is 0.566. The summed E-state index contributed by atoms with van der Waals surface area (Å²) in [6.45, 7) is 1.90. The molecule has 1 atom stereocenters. The number of thioether (sulfide) groups is 1. The standard InChI is InChI=1S/C24H17Cl4IN2O4S/c1-2-15(22(32)30-12-8-6-11(29)7-9-12)36-14-5-3-4-13(10-14)31-23(33)16-17(24(34)35)19(26)21(28)20(27)18(16)25/h3-10,15H,2H2,1H3,(H,30,32)(H,31,33)(H,34,35). The van der Waals surface area contributed by atoms with Crippen molar-refractivity contribution in [2.75, 3.05) is 10.6 Å². The fourth-order valence-corrected chi connectivity index (χ4v) is 5.52. The van der Waals surface area contributed by atoms with E-state index >= 15 is 0 Å². The quantitative estimate of drug-likeness (QED) is 0.0952. The lowest BCUT2D eigenvalue weighted by Crippen LogP contribution is -2.24. The lowest BCUT2D eigenvalue weighted by Gasteiger charge is -2.16. The van der Waals surface area contributed by atoms with E-state index in [0.717, 1.165) is 3.57 Å². The minimum atomic E-state index is -1.49. The monoisotopic (exact) mass is 696 g/mol. The Bertz CT molecular complexity index is 1340. The molecular weight excluding hydrogens is 681 g/mol. The maximum atomic E-state index is 13.0. The van der Waals surface area contributed by atoms with Crippen LogP contribution in [-0.4, -0.2) is 28.1 Å². The highest BCUT2D eigenvalue weighted by Crippen LogP contribution is 2.42. The molecule has 0 radical (unpaired) electrons. The van der Waals surface area contributed by atoms with E-state index in [2.05, 4.69) is 33.2 Å². The van der Waals surface area contributed by atoms with Gasteiger partial charge in [-0.15, -0.1) is 11.8 Å². The summed E-state index contributed by atoms with van der Waals surface area (Å²) in [7, 11) is 0. The molecule has 0 fully saturated rings. The van der Waals surface area contributed by atoms with Crippen LogP contribution in [0.2, 0.25) is 20.1 Å². The summed E-state index contributed by atoms with van der Waals surface area (Å²) >= 11 is 27.7. The lowest BCUT2D eigenvalue weighted by molar-refractivity contribution is -0.115. The van der Waals surface area contributed by atoms with Gasteiger partial charge in [0, 0.05) is 19.8 Å². The molecule has 0 aromatic heterocycles. The number of hydrogen-bond acceptors (Lipinski definition) is 4. The van der Waals surface area contributed by atoms with Crippen molar-refractivity contribution in [3.05, 3.63) is 83.3 Å². The predicted octanol–water partition coefficient (Wildman–Crippen LogP) is 8.36. The van der Waals surface area contributed by atoms with Gasteiger partial charge in [0.1, 0.15) is 0 Å². The average Bonchev–Trinajstić information content (AvgIpc) is 2.84. The molecule has 0 aliphatic heterocycles.